The van der Waals surface area contributed by atoms with Crippen LogP contribution in [0.4, 0.5) is 9.93 Å². The van der Waals surface area contributed by atoms with Crippen LogP contribution in [0.1, 0.15) is 5.01 Å². The van der Waals surface area contributed by atoms with Crippen LogP contribution in [0.2, 0.25) is 0 Å². The van der Waals surface area contributed by atoms with Gasteiger partial charge in [0, 0.05) is 17.5 Å². The Morgan fingerprint density at radius 1 is 1.33 bits per heavy atom. The van der Waals surface area contributed by atoms with Crippen LogP contribution in [0.15, 0.2) is 17.5 Å². The van der Waals surface area contributed by atoms with Crippen LogP contribution in [-0.2, 0) is 11.3 Å². The number of anilines is 1. The van der Waals surface area contributed by atoms with Crippen LogP contribution < -0.4 is 15.8 Å². The van der Waals surface area contributed by atoms with E-state index >= 15 is 0 Å². The molecule has 0 atom stereocenters. The van der Waals surface area contributed by atoms with E-state index in [0.29, 0.717) is 22.9 Å². The molecule has 0 saturated carbocycles. The molecule has 128 valence electrons. The molecule has 3 N–H and O–H groups in total. The minimum atomic E-state index is -0.566. The van der Waals surface area contributed by atoms with E-state index in [2.05, 4.69) is 20.0 Å². The Balaban J connectivity index is 0.00000208. The molecule has 2 aromatic heterocycles. The Hall–Kier alpha value is -1.94. The average Bonchev–Trinajstić information content (AvgIpc) is 3.20. The SMILES string of the molecule is COC(=O)Nc1nc2c(OC)ccc(-c3csc(CN)n3)c2s1.Cl. The minimum Gasteiger partial charge on any atom is -0.494 e. The number of nitrogens with zero attached hydrogens (tertiary/aromatic N) is 2. The number of nitrogens with two attached hydrogens (primary N) is 1. The number of hydrogen-bond acceptors (Lipinski definition) is 8. The molecule has 0 radical (unpaired) electrons. The van der Waals surface area contributed by atoms with Crippen molar-refractivity contribution in [2.24, 2.45) is 5.73 Å². The smallest absolute Gasteiger partial charge is 0.413 e. The number of nitrogens with one attached hydrogen (secondary N) is 1. The van der Waals surface area contributed by atoms with Crippen molar-refractivity contribution >= 4 is 56.5 Å². The number of halogens is 1. The molecule has 10 heteroatoms. The van der Waals surface area contributed by atoms with Gasteiger partial charge in [-0.3, -0.25) is 5.32 Å². The lowest BCUT2D eigenvalue weighted by Gasteiger charge is -2.03. The molecule has 0 bridgehead atoms. The first-order chi connectivity index (χ1) is 11.2. The normalized spacial score (nSPS) is 10.3. The van der Waals surface area contributed by atoms with Crippen molar-refractivity contribution in [2.75, 3.05) is 19.5 Å². The zero-order valence-corrected chi connectivity index (χ0v) is 15.3. The Morgan fingerprint density at radius 2 is 2.12 bits per heavy atom. The minimum absolute atomic E-state index is 0. The van der Waals surface area contributed by atoms with Crippen LogP contribution in [0.25, 0.3) is 21.5 Å². The van der Waals surface area contributed by atoms with Gasteiger partial charge in [0.25, 0.3) is 0 Å². The van der Waals surface area contributed by atoms with Crippen molar-refractivity contribution in [3.05, 3.63) is 22.5 Å². The predicted molar refractivity (Wildman–Crippen MR) is 98.4 cm³/mol. The van der Waals surface area contributed by atoms with Crippen LogP contribution in [0.3, 0.4) is 0 Å². The van der Waals surface area contributed by atoms with Gasteiger partial charge in [0.15, 0.2) is 5.13 Å². The largest absolute Gasteiger partial charge is 0.494 e. The second-order valence-electron chi connectivity index (χ2n) is 4.46. The summed E-state index contributed by atoms with van der Waals surface area (Å²) in [6.45, 7) is 0.405. The Morgan fingerprint density at radius 3 is 2.75 bits per heavy atom. The third kappa shape index (κ3) is 3.44. The summed E-state index contributed by atoms with van der Waals surface area (Å²) in [6, 6.07) is 3.76. The number of carbonyl (C=O) groups excluding carboxylic acids is 1. The van der Waals surface area contributed by atoms with E-state index in [0.717, 1.165) is 21.0 Å². The zero-order chi connectivity index (χ0) is 16.4. The molecule has 0 spiro atoms. The summed E-state index contributed by atoms with van der Waals surface area (Å²) in [7, 11) is 2.88. The number of carbonyl (C=O) groups is 1. The van der Waals surface area contributed by atoms with Gasteiger partial charge in [-0.1, -0.05) is 11.3 Å². The quantitative estimate of drug-likeness (QED) is 0.712. The first-order valence-corrected chi connectivity index (χ1v) is 8.33. The first-order valence-electron chi connectivity index (χ1n) is 6.63. The lowest BCUT2D eigenvalue weighted by Crippen LogP contribution is -2.10. The molecule has 2 heterocycles. The van der Waals surface area contributed by atoms with Gasteiger partial charge >= 0.3 is 6.09 Å². The molecule has 0 fully saturated rings. The number of hydrogen-bond donors (Lipinski definition) is 2. The van der Waals surface area contributed by atoms with Crippen LogP contribution >= 0.6 is 35.1 Å². The summed E-state index contributed by atoms with van der Waals surface area (Å²) >= 11 is 2.85. The fourth-order valence-electron chi connectivity index (χ4n) is 2.07. The van der Waals surface area contributed by atoms with E-state index in [9.17, 15) is 4.79 Å². The van der Waals surface area contributed by atoms with Crippen molar-refractivity contribution in [2.45, 2.75) is 6.54 Å². The lowest BCUT2D eigenvalue weighted by atomic mass is 10.1. The van der Waals surface area contributed by atoms with E-state index in [-0.39, 0.29) is 12.4 Å². The number of benzene rings is 1. The van der Waals surface area contributed by atoms with Crippen molar-refractivity contribution in [1.82, 2.24) is 9.97 Å². The highest BCUT2D eigenvalue weighted by molar-refractivity contribution is 7.23. The summed E-state index contributed by atoms with van der Waals surface area (Å²) in [5.74, 6) is 0.632. The monoisotopic (exact) mass is 386 g/mol. The fraction of sp³-hybridized carbons (Fsp3) is 0.214. The standard InChI is InChI=1S/C14H14N4O3S2.ClH/c1-20-9-4-3-7(8-6-22-10(5-15)16-8)12-11(9)17-13(23-12)18-14(19)21-2;/h3-4,6H,5,15H2,1-2H3,(H,17,18,19);1H. The molecule has 3 aromatic rings. The molecule has 0 aliphatic rings. The van der Waals surface area contributed by atoms with Crippen molar-refractivity contribution in [3.63, 3.8) is 0 Å². The van der Waals surface area contributed by atoms with Gasteiger partial charge in [-0.2, -0.15) is 0 Å². The van der Waals surface area contributed by atoms with Crippen molar-refractivity contribution in [1.29, 1.82) is 0 Å². The van der Waals surface area contributed by atoms with E-state index in [1.165, 1.54) is 29.8 Å². The first kappa shape index (κ1) is 18.4. The van der Waals surface area contributed by atoms with E-state index < -0.39 is 6.09 Å². The summed E-state index contributed by atoms with van der Waals surface area (Å²) in [6.07, 6.45) is -0.566. The molecule has 7 nitrogen and oxygen atoms in total. The number of aromatic nitrogens is 2. The fourth-order valence-corrected chi connectivity index (χ4v) is 3.73. The molecule has 0 aliphatic carbocycles. The third-order valence-corrected chi connectivity index (χ3v) is 5.00. The van der Waals surface area contributed by atoms with Crippen molar-refractivity contribution < 1.29 is 14.3 Å². The van der Waals surface area contributed by atoms with E-state index in [1.54, 1.807) is 7.11 Å². The number of thiazole rings is 2. The highest BCUT2D eigenvalue weighted by atomic mass is 35.5. The summed E-state index contributed by atoms with van der Waals surface area (Å²) in [5, 5.41) is 5.83. The van der Waals surface area contributed by atoms with Gasteiger partial charge in [-0.05, 0) is 12.1 Å². The predicted octanol–water partition coefficient (Wildman–Crippen LogP) is 3.49. The molecule has 0 aliphatic heterocycles. The molecule has 24 heavy (non-hydrogen) atoms. The van der Waals surface area contributed by atoms with Crippen LogP contribution in [-0.4, -0.2) is 30.3 Å². The lowest BCUT2D eigenvalue weighted by molar-refractivity contribution is 0.187. The summed E-state index contributed by atoms with van der Waals surface area (Å²) in [4.78, 5) is 20.3. The highest BCUT2D eigenvalue weighted by Crippen LogP contribution is 2.39. The maximum absolute atomic E-state index is 11.4. The van der Waals surface area contributed by atoms with Gasteiger partial charge < -0.3 is 15.2 Å². The molecular formula is C14H15ClN4O3S2. The Labute approximate surface area is 152 Å². The number of fused-ring (bicyclic) bond motifs is 1. The molecule has 1 aromatic carbocycles. The Kier molecular flexibility index (Phi) is 5.94. The maximum atomic E-state index is 11.4. The Bertz CT molecular complexity index is 865. The van der Waals surface area contributed by atoms with Gasteiger partial charge in [0.1, 0.15) is 16.3 Å². The van der Waals surface area contributed by atoms with Crippen LogP contribution in [0, 0.1) is 0 Å². The van der Waals surface area contributed by atoms with E-state index in [1.807, 2.05) is 17.5 Å². The van der Waals surface area contributed by atoms with Gasteiger partial charge in [-0.15, -0.1) is 23.7 Å². The molecule has 0 unspecified atom stereocenters. The van der Waals surface area contributed by atoms with E-state index in [4.69, 9.17) is 10.5 Å². The zero-order valence-electron chi connectivity index (χ0n) is 12.9. The second kappa shape index (κ2) is 7.75. The second-order valence-corrected chi connectivity index (χ2v) is 6.40. The van der Waals surface area contributed by atoms with Crippen LogP contribution in [0.5, 0.6) is 5.75 Å². The number of rotatable bonds is 4. The summed E-state index contributed by atoms with van der Waals surface area (Å²) in [5.41, 5.74) is 8.05. The topological polar surface area (TPSA) is 99.4 Å². The summed E-state index contributed by atoms with van der Waals surface area (Å²) < 4.78 is 10.8. The highest BCUT2D eigenvalue weighted by Gasteiger charge is 2.17. The number of amides is 1. The third-order valence-electron chi connectivity index (χ3n) is 3.12. The molecule has 3 rings (SSSR count). The van der Waals surface area contributed by atoms with Gasteiger partial charge in [-0.25, -0.2) is 14.8 Å². The van der Waals surface area contributed by atoms with Gasteiger partial charge in [0.2, 0.25) is 0 Å². The maximum Gasteiger partial charge on any atom is 0.413 e. The van der Waals surface area contributed by atoms with Crippen molar-refractivity contribution in [3.8, 4) is 17.0 Å². The molecule has 0 saturated heterocycles. The number of ether oxygens (including phenoxy) is 2. The average molecular weight is 387 g/mol. The molecular weight excluding hydrogens is 372 g/mol. The number of methoxy groups -OCH3 is 2. The van der Waals surface area contributed by atoms with Gasteiger partial charge in [0.05, 0.1) is 24.6 Å². The molecule has 1 amide bonds.